The second kappa shape index (κ2) is 5.93. The third-order valence-electron chi connectivity index (χ3n) is 6.20. The number of aliphatic hydroxyl groups is 1. The van der Waals surface area contributed by atoms with Crippen LogP contribution in [0.25, 0.3) is 0 Å². The zero-order valence-corrected chi connectivity index (χ0v) is 15.5. The maximum atomic E-state index is 12.9. The van der Waals surface area contributed by atoms with Crippen molar-refractivity contribution < 1.29 is 38.3 Å². The molecule has 4 aliphatic rings. The van der Waals surface area contributed by atoms with Gasteiger partial charge < -0.3 is 33.5 Å². The molecular weight excluding hydrogens is 380 g/mol. The van der Waals surface area contributed by atoms with Crippen molar-refractivity contribution in [3.05, 3.63) is 41.0 Å². The van der Waals surface area contributed by atoms with Crippen LogP contribution < -0.4 is 23.7 Å². The number of rotatable bonds is 3. The van der Waals surface area contributed by atoms with Crippen LogP contribution in [0.1, 0.15) is 28.7 Å². The lowest BCUT2D eigenvalue weighted by molar-refractivity contribution is -0.144. The van der Waals surface area contributed by atoms with Gasteiger partial charge in [-0.05, 0) is 29.3 Å². The average molecular weight is 398 g/mol. The Labute approximate surface area is 165 Å². The van der Waals surface area contributed by atoms with Crippen molar-refractivity contribution in [2.75, 3.05) is 27.3 Å². The molecule has 0 radical (unpaired) electrons. The predicted octanol–water partition coefficient (Wildman–Crippen LogP) is 2.12. The SMILES string of the molecule is COc1c2c(cc3c1[C@@H]1OC(=O)[C@H]([C@@H]3c3ccc4c(c3)OCO4)[C@@H]1CO)OCO2. The molecule has 2 bridgehead atoms. The first kappa shape index (κ1) is 16.8. The summed E-state index contributed by atoms with van der Waals surface area (Å²) in [5.74, 6) is 1.24. The molecule has 1 N–H and O–H groups in total. The Morgan fingerprint density at radius 1 is 1.07 bits per heavy atom. The monoisotopic (exact) mass is 398 g/mol. The van der Waals surface area contributed by atoms with E-state index in [2.05, 4.69) is 0 Å². The molecule has 6 rings (SSSR count). The topological polar surface area (TPSA) is 92.7 Å². The van der Waals surface area contributed by atoms with E-state index in [9.17, 15) is 9.90 Å². The molecule has 0 saturated carbocycles. The Morgan fingerprint density at radius 3 is 2.69 bits per heavy atom. The highest BCUT2D eigenvalue weighted by Crippen LogP contribution is 2.61. The number of fused-ring (bicyclic) bond motifs is 6. The molecule has 0 amide bonds. The minimum atomic E-state index is -0.595. The van der Waals surface area contributed by atoms with Gasteiger partial charge in [0.15, 0.2) is 23.0 Å². The van der Waals surface area contributed by atoms with Crippen LogP contribution in [0.4, 0.5) is 0 Å². The highest BCUT2D eigenvalue weighted by atomic mass is 16.7. The molecule has 0 unspecified atom stereocenters. The summed E-state index contributed by atoms with van der Waals surface area (Å²) in [7, 11) is 1.55. The van der Waals surface area contributed by atoms with E-state index in [1.54, 1.807) is 7.11 Å². The number of benzene rings is 2. The van der Waals surface area contributed by atoms with Crippen LogP contribution in [0.2, 0.25) is 0 Å². The summed E-state index contributed by atoms with van der Waals surface area (Å²) in [6.07, 6.45) is -0.595. The molecule has 4 atom stereocenters. The fourth-order valence-electron chi connectivity index (χ4n) is 5.01. The van der Waals surface area contributed by atoms with Gasteiger partial charge in [0.1, 0.15) is 6.10 Å². The Kier molecular flexibility index (Phi) is 3.44. The molecule has 0 spiro atoms. The number of hydrogen-bond acceptors (Lipinski definition) is 8. The maximum absolute atomic E-state index is 12.9. The van der Waals surface area contributed by atoms with E-state index >= 15 is 0 Å². The van der Waals surface area contributed by atoms with E-state index in [4.69, 9.17) is 28.4 Å². The molecule has 1 saturated heterocycles. The fraction of sp³-hybridized carbons (Fsp3) is 0.381. The molecule has 1 aliphatic carbocycles. The molecule has 3 aliphatic heterocycles. The smallest absolute Gasteiger partial charge is 0.311 e. The van der Waals surface area contributed by atoms with Crippen molar-refractivity contribution in [1.29, 1.82) is 0 Å². The zero-order chi connectivity index (χ0) is 19.7. The van der Waals surface area contributed by atoms with Crippen molar-refractivity contribution >= 4 is 5.97 Å². The molecule has 1 fully saturated rings. The number of hydrogen-bond donors (Lipinski definition) is 1. The summed E-state index contributed by atoms with van der Waals surface area (Å²) >= 11 is 0. The molecule has 2 aromatic carbocycles. The van der Waals surface area contributed by atoms with Gasteiger partial charge in [-0.1, -0.05) is 6.07 Å². The quantitative estimate of drug-likeness (QED) is 0.786. The van der Waals surface area contributed by atoms with Crippen LogP contribution in [0.5, 0.6) is 28.7 Å². The third kappa shape index (κ3) is 2.15. The van der Waals surface area contributed by atoms with Gasteiger partial charge >= 0.3 is 5.97 Å². The maximum Gasteiger partial charge on any atom is 0.311 e. The first-order chi connectivity index (χ1) is 14.2. The lowest BCUT2D eigenvalue weighted by Gasteiger charge is -2.35. The van der Waals surface area contributed by atoms with Gasteiger partial charge in [0.05, 0.1) is 19.6 Å². The van der Waals surface area contributed by atoms with E-state index in [0.717, 1.165) is 16.7 Å². The Bertz CT molecular complexity index is 1030. The molecule has 150 valence electrons. The summed E-state index contributed by atoms with van der Waals surface area (Å²) in [4.78, 5) is 12.9. The lowest BCUT2D eigenvalue weighted by atomic mass is 9.66. The first-order valence-electron chi connectivity index (χ1n) is 9.42. The largest absolute Gasteiger partial charge is 0.492 e. The van der Waals surface area contributed by atoms with Gasteiger partial charge in [-0.25, -0.2) is 0 Å². The number of carbonyl (C=O) groups excluding carboxylic acids is 1. The van der Waals surface area contributed by atoms with Crippen LogP contribution >= 0.6 is 0 Å². The van der Waals surface area contributed by atoms with Crippen molar-refractivity contribution in [2.45, 2.75) is 12.0 Å². The summed E-state index contributed by atoms with van der Waals surface area (Å²) in [5.41, 5.74) is 2.47. The molecule has 29 heavy (non-hydrogen) atoms. The Morgan fingerprint density at radius 2 is 1.86 bits per heavy atom. The summed E-state index contributed by atoms with van der Waals surface area (Å²) in [6, 6.07) is 7.53. The van der Waals surface area contributed by atoms with Crippen molar-refractivity contribution in [2.24, 2.45) is 11.8 Å². The summed E-state index contributed by atoms with van der Waals surface area (Å²) in [6.45, 7) is 0.0825. The molecule has 8 heteroatoms. The van der Waals surface area contributed by atoms with Gasteiger partial charge in [-0.15, -0.1) is 0 Å². The fourth-order valence-corrected chi connectivity index (χ4v) is 5.01. The van der Waals surface area contributed by atoms with Gasteiger partial charge in [0, 0.05) is 17.4 Å². The summed E-state index contributed by atoms with van der Waals surface area (Å²) in [5, 5.41) is 10.1. The van der Waals surface area contributed by atoms with Crippen LogP contribution in [0.3, 0.4) is 0 Å². The third-order valence-corrected chi connectivity index (χ3v) is 6.20. The normalized spacial score (nSPS) is 27.6. The molecule has 0 aromatic heterocycles. The highest BCUT2D eigenvalue weighted by Gasteiger charge is 2.56. The molecule has 3 heterocycles. The minimum absolute atomic E-state index is 0.0978. The van der Waals surface area contributed by atoms with Gasteiger partial charge in [-0.2, -0.15) is 0 Å². The minimum Gasteiger partial charge on any atom is -0.492 e. The zero-order valence-electron chi connectivity index (χ0n) is 15.5. The van der Waals surface area contributed by atoms with Crippen molar-refractivity contribution in [3.8, 4) is 28.7 Å². The first-order valence-corrected chi connectivity index (χ1v) is 9.42. The van der Waals surface area contributed by atoms with E-state index < -0.39 is 12.0 Å². The number of ether oxygens (including phenoxy) is 6. The van der Waals surface area contributed by atoms with E-state index in [0.29, 0.717) is 28.7 Å². The van der Waals surface area contributed by atoms with Crippen LogP contribution in [0, 0.1) is 11.8 Å². The Hall–Kier alpha value is -3.13. The van der Waals surface area contributed by atoms with Gasteiger partial charge in [-0.3, -0.25) is 4.79 Å². The number of esters is 1. The van der Waals surface area contributed by atoms with Gasteiger partial charge in [0.2, 0.25) is 19.3 Å². The number of aliphatic hydroxyl groups excluding tert-OH is 1. The van der Waals surface area contributed by atoms with Crippen molar-refractivity contribution in [3.63, 3.8) is 0 Å². The molecule has 8 nitrogen and oxygen atoms in total. The Balaban J connectivity index is 1.61. The standard InChI is InChI=1S/C21H18O8/c1-24-20-17-10(5-14-19(20)28-8-27-14)15(16-11(6-22)18(17)29-21(16)23)9-2-3-12-13(4-9)26-7-25-12/h2-5,11,15-16,18,22H,6-8H2,1H3/t11-,15+,16-,18+/m0/s1. The predicted molar refractivity (Wildman–Crippen MR) is 96.4 cm³/mol. The molecule has 2 aromatic rings. The number of methoxy groups -OCH3 is 1. The summed E-state index contributed by atoms with van der Waals surface area (Å²) < 4.78 is 33.6. The van der Waals surface area contributed by atoms with Gasteiger partial charge in [0.25, 0.3) is 0 Å². The second-order valence-corrected chi connectivity index (χ2v) is 7.47. The van der Waals surface area contributed by atoms with E-state index in [-0.39, 0.29) is 38.0 Å². The second-order valence-electron chi connectivity index (χ2n) is 7.47. The van der Waals surface area contributed by atoms with E-state index in [1.807, 2.05) is 24.3 Å². The van der Waals surface area contributed by atoms with Crippen LogP contribution in [-0.4, -0.2) is 38.4 Å². The lowest BCUT2D eigenvalue weighted by Crippen LogP contribution is -2.32. The van der Waals surface area contributed by atoms with Crippen molar-refractivity contribution in [1.82, 2.24) is 0 Å². The van der Waals surface area contributed by atoms with Crippen LogP contribution in [0.15, 0.2) is 24.3 Å². The average Bonchev–Trinajstić information content (AvgIpc) is 3.44. The number of carbonyl (C=O) groups is 1. The van der Waals surface area contributed by atoms with Crippen LogP contribution in [-0.2, 0) is 9.53 Å². The molecular formula is C21H18O8. The van der Waals surface area contributed by atoms with E-state index in [1.165, 1.54) is 0 Å². The highest BCUT2D eigenvalue weighted by molar-refractivity contribution is 5.81.